The monoisotopic (exact) mass is 466 g/mol. The van der Waals surface area contributed by atoms with Crippen molar-refractivity contribution in [2.45, 2.75) is 18.9 Å². The molecule has 0 aliphatic carbocycles. The Bertz CT molecular complexity index is 1340. The van der Waals surface area contributed by atoms with Gasteiger partial charge in [-0.1, -0.05) is 41.6 Å². The normalized spacial score (nSPS) is 10.9. The van der Waals surface area contributed by atoms with Crippen LogP contribution in [0.5, 0.6) is 5.75 Å². The van der Waals surface area contributed by atoms with Crippen LogP contribution in [0.1, 0.15) is 11.4 Å². The maximum atomic E-state index is 12.5. The summed E-state index contributed by atoms with van der Waals surface area (Å²) >= 11 is 2.77. The molecule has 4 aromatic rings. The summed E-state index contributed by atoms with van der Waals surface area (Å²) in [6, 6.07) is 11.6. The van der Waals surface area contributed by atoms with E-state index in [0.29, 0.717) is 10.9 Å². The van der Waals surface area contributed by atoms with Gasteiger partial charge in [-0.2, -0.15) is 0 Å². The first-order valence-corrected chi connectivity index (χ1v) is 11.4. The molecule has 2 aromatic heterocycles. The number of benzene rings is 2. The lowest BCUT2D eigenvalue weighted by molar-refractivity contribution is -0.384. The highest BCUT2D eigenvalue weighted by Crippen LogP contribution is 2.38. The summed E-state index contributed by atoms with van der Waals surface area (Å²) in [5.41, 5.74) is 2.98. The molecule has 1 amide bonds. The van der Waals surface area contributed by atoms with Crippen LogP contribution in [0, 0.1) is 24.0 Å². The fourth-order valence-electron chi connectivity index (χ4n) is 3.12. The molecule has 0 aliphatic heterocycles. The van der Waals surface area contributed by atoms with Crippen molar-refractivity contribution in [3.63, 3.8) is 0 Å². The smallest absolute Gasteiger partial charge is 0.271 e. The number of carbonyl (C=O) groups excluding carboxylic acids is 1. The first-order valence-electron chi connectivity index (χ1n) is 9.55. The maximum absolute atomic E-state index is 12.5. The molecule has 8 nitrogen and oxygen atoms in total. The van der Waals surface area contributed by atoms with Gasteiger partial charge in [0.1, 0.15) is 21.4 Å². The number of anilines is 1. The Morgan fingerprint density at radius 3 is 2.66 bits per heavy atom. The summed E-state index contributed by atoms with van der Waals surface area (Å²) in [5, 5.41) is 27.0. The molecule has 0 saturated carbocycles. The van der Waals surface area contributed by atoms with Gasteiger partial charge in [0.05, 0.1) is 21.7 Å². The number of phenolic OH excluding ortho intramolecular Hbond substituents is 1. The molecule has 10 heteroatoms. The fourth-order valence-corrected chi connectivity index (χ4v) is 5.06. The summed E-state index contributed by atoms with van der Waals surface area (Å²) in [5.74, 6) is -0.0401. The second-order valence-electron chi connectivity index (χ2n) is 7.07. The lowest BCUT2D eigenvalue weighted by Gasteiger charge is -2.09. The number of phenols is 1. The molecule has 0 spiro atoms. The van der Waals surface area contributed by atoms with Crippen molar-refractivity contribution in [2.75, 3.05) is 11.1 Å². The van der Waals surface area contributed by atoms with Crippen LogP contribution in [0.2, 0.25) is 0 Å². The molecular formula is C22H18N4O4S2. The number of thiophene rings is 1. The SMILES string of the molecule is Cc1ccc(-c2csc3nc(C)nc(SCC(=O)Nc4cc([N+](=O)[O-])ccc4O)c23)cc1. The van der Waals surface area contributed by atoms with Gasteiger partial charge < -0.3 is 10.4 Å². The lowest BCUT2D eigenvalue weighted by atomic mass is 10.1. The standard InChI is InChI=1S/C22H18N4O4S2/c1-12-3-5-14(6-4-12)16-10-31-21-20(16)22(24-13(2)23-21)32-11-19(28)25-17-9-15(26(29)30)7-8-18(17)27/h3-10,27H,11H2,1-2H3,(H,25,28). The second kappa shape index (κ2) is 8.93. The quantitative estimate of drug-likeness (QED) is 0.130. The number of hydrogen-bond acceptors (Lipinski definition) is 8. The minimum atomic E-state index is -0.590. The zero-order valence-corrected chi connectivity index (χ0v) is 18.8. The van der Waals surface area contributed by atoms with E-state index >= 15 is 0 Å². The van der Waals surface area contributed by atoms with Gasteiger partial charge in [0.2, 0.25) is 5.91 Å². The Morgan fingerprint density at radius 2 is 1.94 bits per heavy atom. The maximum Gasteiger partial charge on any atom is 0.271 e. The summed E-state index contributed by atoms with van der Waals surface area (Å²) in [7, 11) is 0. The minimum absolute atomic E-state index is 0.00954. The Kier molecular flexibility index (Phi) is 6.06. The third-order valence-electron chi connectivity index (χ3n) is 4.68. The van der Waals surface area contributed by atoms with Crippen molar-refractivity contribution in [3.8, 4) is 16.9 Å². The predicted octanol–water partition coefficient (Wildman–Crippen LogP) is 5.32. The average molecular weight is 467 g/mol. The molecule has 0 bridgehead atoms. The molecule has 0 fully saturated rings. The highest BCUT2D eigenvalue weighted by Gasteiger charge is 2.17. The minimum Gasteiger partial charge on any atom is -0.506 e. The van der Waals surface area contributed by atoms with Gasteiger partial charge in [-0.25, -0.2) is 9.97 Å². The molecule has 32 heavy (non-hydrogen) atoms. The van der Waals surface area contributed by atoms with Crippen LogP contribution >= 0.6 is 23.1 Å². The third-order valence-corrected chi connectivity index (χ3v) is 6.53. The van der Waals surface area contributed by atoms with Crippen LogP contribution in [0.4, 0.5) is 11.4 Å². The van der Waals surface area contributed by atoms with Gasteiger partial charge in [0, 0.05) is 23.1 Å². The molecular weight excluding hydrogens is 448 g/mol. The van der Waals surface area contributed by atoms with Crippen LogP contribution in [-0.4, -0.2) is 31.7 Å². The van der Waals surface area contributed by atoms with Gasteiger partial charge in [0.15, 0.2) is 0 Å². The number of aromatic nitrogens is 2. The highest BCUT2D eigenvalue weighted by atomic mass is 32.2. The predicted molar refractivity (Wildman–Crippen MR) is 126 cm³/mol. The number of amides is 1. The van der Waals surface area contributed by atoms with Crippen molar-refractivity contribution in [1.29, 1.82) is 0 Å². The first kappa shape index (κ1) is 21.7. The van der Waals surface area contributed by atoms with E-state index in [1.807, 2.05) is 36.6 Å². The number of thioether (sulfide) groups is 1. The van der Waals surface area contributed by atoms with E-state index in [1.54, 1.807) is 6.92 Å². The van der Waals surface area contributed by atoms with E-state index in [4.69, 9.17) is 0 Å². The van der Waals surface area contributed by atoms with Crippen LogP contribution in [-0.2, 0) is 4.79 Å². The van der Waals surface area contributed by atoms with Crippen LogP contribution in [0.3, 0.4) is 0 Å². The number of nitrogens with one attached hydrogen (secondary N) is 1. The van der Waals surface area contributed by atoms with E-state index in [1.165, 1.54) is 35.2 Å². The van der Waals surface area contributed by atoms with E-state index in [9.17, 15) is 20.0 Å². The zero-order chi connectivity index (χ0) is 22.8. The highest BCUT2D eigenvalue weighted by molar-refractivity contribution is 8.00. The molecule has 0 saturated heterocycles. The summed E-state index contributed by atoms with van der Waals surface area (Å²) in [4.78, 5) is 32.8. The van der Waals surface area contributed by atoms with Crippen molar-refractivity contribution >= 4 is 50.6 Å². The van der Waals surface area contributed by atoms with E-state index in [0.717, 1.165) is 33.0 Å². The molecule has 162 valence electrons. The van der Waals surface area contributed by atoms with Crippen molar-refractivity contribution in [1.82, 2.24) is 9.97 Å². The Morgan fingerprint density at radius 1 is 1.19 bits per heavy atom. The number of aromatic hydroxyl groups is 1. The molecule has 2 N–H and O–H groups in total. The largest absolute Gasteiger partial charge is 0.506 e. The molecule has 2 aromatic carbocycles. The van der Waals surface area contributed by atoms with Gasteiger partial charge in [-0.15, -0.1) is 11.3 Å². The molecule has 0 aliphatic rings. The Balaban J connectivity index is 1.59. The number of nitro benzene ring substituents is 1. The zero-order valence-electron chi connectivity index (χ0n) is 17.2. The number of fused-ring (bicyclic) bond motifs is 1. The molecule has 2 heterocycles. The van der Waals surface area contributed by atoms with Gasteiger partial charge in [-0.3, -0.25) is 14.9 Å². The van der Waals surface area contributed by atoms with E-state index in [-0.39, 0.29) is 22.9 Å². The molecule has 0 unspecified atom stereocenters. The number of nitrogens with zero attached hydrogens (tertiary/aromatic N) is 3. The van der Waals surface area contributed by atoms with Crippen LogP contribution in [0.25, 0.3) is 21.3 Å². The Labute approximate surface area is 191 Å². The van der Waals surface area contributed by atoms with Gasteiger partial charge >= 0.3 is 0 Å². The topological polar surface area (TPSA) is 118 Å². The van der Waals surface area contributed by atoms with E-state index in [2.05, 4.69) is 15.3 Å². The second-order valence-corrected chi connectivity index (χ2v) is 8.89. The summed E-state index contributed by atoms with van der Waals surface area (Å²) < 4.78 is 0. The number of non-ortho nitro benzene ring substituents is 1. The van der Waals surface area contributed by atoms with Crippen LogP contribution < -0.4 is 5.32 Å². The number of rotatable bonds is 6. The van der Waals surface area contributed by atoms with Crippen LogP contribution in [0.15, 0.2) is 52.9 Å². The van der Waals surface area contributed by atoms with Crippen molar-refractivity contribution < 1.29 is 14.8 Å². The van der Waals surface area contributed by atoms with E-state index < -0.39 is 10.8 Å². The third kappa shape index (κ3) is 4.56. The number of carbonyl (C=O) groups is 1. The fraction of sp³-hybridized carbons (Fsp3) is 0.136. The number of aryl methyl sites for hydroxylation is 2. The summed E-state index contributed by atoms with van der Waals surface area (Å²) in [6.45, 7) is 3.83. The Hall–Kier alpha value is -3.50. The molecule has 4 rings (SSSR count). The average Bonchev–Trinajstić information content (AvgIpc) is 3.17. The van der Waals surface area contributed by atoms with Crippen molar-refractivity contribution in [2.24, 2.45) is 0 Å². The van der Waals surface area contributed by atoms with Crippen molar-refractivity contribution in [3.05, 3.63) is 69.3 Å². The molecule has 0 radical (unpaired) electrons. The number of hydrogen-bond donors (Lipinski definition) is 2. The van der Waals surface area contributed by atoms with Gasteiger partial charge in [0.25, 0.3) is 5.69 Å². The van der Waals surface area contributed by atoms with Gasteiger partial charge in [-0.05, 0) is 25.5 Å². The number of nitro groups is 1. The lowest BCUT2D eigenvalue weighted by Crippen LogP contribution is -2.14. The first-order chi connectivity index (χ1) is 15.3. The summed E-state index contributed by atoms with van der Waals surface area (Å²) in [6.07, 6.45) is 0. The molecule has 0 atom stereocenters.